The number of hydrogen-bond donors (Lipinski definition) is 2. The number of pyridine rings is 1. The van der Waals surface area contributed by atoms with Gasteiger partial charge in [-0.2, -0.15) is 0 Å². The Balaban J connectivity index is 2.67. The normalized spacial score (nSPS) is 12.2. The molecule has 0 saturated heterocycles. The molecule has 0 unspecified atom stereocenters. The summed E-state index contributed by atoms with van der Waals surface area (Å²) in [6.45, 7) is 3.25. The highest BCUT2D eigenvalue weighted by Crippen LogP contribution is 2.06. The third-order valence-electron chi connectivity index (χ3n) is 2.17. The van der Waals surface area contributed by atoms with Crippen molar-refractivity contribution in [2.24, 2.45) is 0 Å². The molecule has 0 radical (unpaired) electrons. The van der Waals surface area contributed by atoms with E-state index in [4.69, 9.17) is 0 Å². The molecule has 0 spiro atoms. The number of amides is 1. The number of halogens is 1. The molecule has 0 aliphatic rings. The maximum Gasteiger partial charge on any atom is 0.254 e. The Labute approximate surface area is 111 Å². The molecule has 6 nitrogen and oxygen atoms in total. The Hall–Kier alpha value is -1.54. The molecule has 0 saturated carbocycles. The molecular formula is C11H16FN3O3S. The number of aromatic nitrogens is 1. The van der Waals surface area contributed by atoms with Crippen LogP contribution in [-0.4, -0.2) is 37.6 Å². The second-order valence-corrected chi connectivity index (χ2v) is 6.54. The third-order valence-corrected chi connectivity index (χ3v) is 3.09. The van der Waals surface area contributed by atoms with Gasteiger partial charge in [-0.25, -0.2) is 17.5 Å². The van der Waals surface area contributed by atoms with Gasteiger partial charge in [0, 0.05) is 18.3 Å². The third kappa shape index (κ3) is 5.31. The van der Waals surface area contributed by atoms with Crippen LogP contribution in [0.4, 0.5) is 4.39 Å². The van der Waals surface area contributed by atoms with Crippen LogP contribution in [-0.2, 0) is 10.0 Å². The first-order chi connectivity index (χ1) is 8.61. The van der Waals surface area contributed by atoms with E-state index in [-0.39, 0.29) is 12.1 Å². The van der Waals surface area contributed by atoms with Gasteiger partial charge >= 0.3 is 0 Å². The molecule has 106 valence electrons. The monoisotopic (exact) mass is 289 g/mol. The van der Waals surface area contributed by atoms with Crippen LogP contribution in [0.2, 0.25) is 0 Å². The van der Waals surface area contributed by atoms with Gasteiger partial charge in [0.25, 0.3) is 5.91 Å². The van der Waals surface area contributed by atoms with E-state index in [1.54, 1.807) is 13.8 Å². The summed E-state index contributed by atoms with van der Waals surface area (Å²) in [6.07, 6.45) is 3.27. The molecule has 1 rings (SSSR count). The van der Waals surface area contributed by atoms with Crippen LogP contribution >= 0.6 is 0 Å². The Morgan fingerprint density at radius 3 is 2.63 bits per heavy atom. The number of nitrogens with zero attached hydrogens (tertiary/aromatic N) is 1. The summed E-state index contributed by atoms with van der Waals surface area (Å²) < 4.78 is 37.9. The Morgan fingerprint density at radius 2 is 2.11 bits per heavy atom. The molecule has 8 heteroatoms. The minimum Gasteiger partial charge on any atom is -0.350 e. The summed E-state index contributed by atoms with van der Waals surface area (Å²) in [4.78, 5) is 15.3. The number of hydrogen-bond acceptors (Lipinski definition) is 4. The molecule has 0 aromatic carbocycles. The molecule has 19 heavy (non-hydrogen) atoms. The summed E-state index contributed by atoms with van der Waals surface area (Å²) in [5, 5.41) is 2.47. The van der Waals surface area contributed by atoms with Crippen molar-refractivity contribution in [2.75, 3.05) is 12.8 Å². The minimum atomic E-state index is -3.39. The molecule has 0 atom stereocenters. The molecule has 0 aliphatic carbocycles. The summed E-state index contributed by atoms with van der Waals surface area (Å²) >= 11 is 0. The van der Waals surface area contributed by atoms with Gasteiger partial charge in [-0.15, -0.1) is 0 Å². The molecule has 1 heterocycles. The number of rotatable bonds is 5. The van der Waals surface area contributed by atoms with Crippen molar-refractivity contribution >= 4 is 15.9 Å². The van der Waals surface area contributed by atoms with Gasteiger partial charge < -0.3 is 5.32 Å². The van der Waals surface area contributed by atoms with E-state index in [2.05, 4.69) is 15.0 Å². The fourth-order valence-corrected chi connectivity index (χ4v) is 2.57. The Bertz CT molecular complexity index is 572. The van der Waals surface area contributed by atoms with Crippen LogP contribution in [0.15, 0.2) is 18.5 Å². The largest absolute Gasteiger partial charge is 0.350 e. The van der Waals surface area contributed by atoms with Crippen molar-refractivity contribution in [1.29, 1.82) is 0 Å². The van der Waals surface area contributed by atoms with Gasteiger partial charge in [-0.3, -0.25) is 9.78 Å². The lowest BCUT2D eigenvalue weighted by Crippen LogP contribution is -2.51. The molecular weight excluding hydrogens is 273 g/mol. The summed E-state index contributed by atoms with van der Waals surface area (Å²) in [7, 11) is -3.39. The predicted octanol–water partition coefficient (Wildman–Crippen LogP) is 0.278. The molecule has 2 N–H and O–H groups in total. The standard InChI is InChI=1S/C11H16FN3O3S/c1-11(2,15-19(3,17)18)7-14-10(16)8-4-5-13-6-9(8)12/h4-6,15H,7H2,1-3H3,(H,14,16). The van der Waals surface area contributed by atoms with Gasteiger partial charge in [0.05, 0.1) is 18.0 Å². The van der Waals surface area contributed by atoms with E-state index in [0.717, 1.165) is 12.5 Å². The second kappa shape index (κ2) is 5.62. The van der Waals surface area contributed by atoms with Crippen LogP contribution in [0.25, 0.3) is 0 Å². The van der Waals surface area contributed by atoms with Crippen LogP contribution in [0.5, 0.6) is 0 Å². The van der Waals surface area contributed by atoms with E-state index in [0.29, 0.717) is 0 Å². The Morgan fingerprint density at radius 1 is 1.47 bits per heavy atom. The van der Waals surface area contributed by atoms with Gasteiger partial charge in [-0.05, 0) is 19.9 Å². The van der Waals surface area contributed by atoms with Crippen molar-refractivity contribution in [2.45, 2.75) is 19.4 Å². The fourth-order valence-electron chi connectivity index (χ4n) is 1.49. The average molecular weight is 289 g/mol. The number of nitrogens with one attached hydrogen (secondary N) is 2. The highest BCUT2D eigenvalue weighted by atomic mass is 32.2. The van der Waals surface area contributed by atoms with E-state index >= 15 is 0 Å². The van der Waals surface area contributed by atoms with Crippen molar-refractivity contribution < 1.29 is 17.6 Å². The topological polar surface area (TPSA) is 88.2 Å². The molecule has 1 amide bonds. The van der Waals surface area contributed by atoms with Crippen molar-refractivity contribution in [1.82, 2.24) is 15.0 Å². The fraction of sp³-hybridized carbons (Fsp3) is 0.455. The lowest BCUT2D eigenvalue weighted by Gasteiger charge is -2.25. The maximum absolute atomic E-state index is 13.3. The van der Waals surface area contributed by atoms with Gasteiger partial charge in [-0.1, -0.05) is 0 Å². The first kappa shape index (κ1) is 15.5. The maximum atomic E-state index is 13.3. The van der Waals surface area contributed by atoms with Crippen molar-refractivity contribution in [3.63, 3.8) is 0 Å². The predicted molar refractivity (Wildman–Crippen MR) is 68.6 cm³/mol. The summed E-state index contributed by atoms with van der Waals surface area (Å²) in [6, 6.07) is 1.25. The first-order valence-corrected chi connectivity index (χ1v) is 7.36. The van der Waals surface area contributed by atoms with Crippen LogP contribution in [0.1, 0.15) is 24.2 Å². The van der Waals surface area contributed by atoms with E-state index in [1.807, 2.05) is 0 Å². The van der Waals surface area contributed by atoms with Gasteiger partial charge in [0.2, 0.25) is 10.0 Å². The number of carbonyl (C=O) groups excluding carboxylic acids is 1. The zero-order valence-corrected chi connectivity index (χ0v) is 11.7. The first-order valence-electron chi connectivity index (χ1n) is 5.47. The van der Waals surface area contributed by atoms with E-state index in [9.17, 15) is 17.6 Å². The lowest BCUT2D eigenvalue weighted by atomic mass is 10.1. The minimum absolute atomic E-state index is 0.0284. The van der Waals surface area contributed by atoms with Gasteiger partial charge in [0.1, 0.15) is 0 Å². The van der Waals surface area contributed by atoms with Crippen molar-refractivity contribution in [3.05, 3.63) is 29.8 Å². The van der Waals surface area contributed by atoms with E-state index < -0.39 is 27.3 Å². The highest BCUT2D eigenvalue weighted by Gasteiger charge is 2.23. The number of carbonyl (C=O) groups is 1. The molecule has 1 aromatic rings. The second-order valence-electron chi connectivity index (χ2n) is 4.80. The van der Waals surface area contributed by atoms with Crippen LogP contribution in [0, 0.1) is 5.82 Å². The zero-order chi connectivity index (χ0) is 14.7. The zero-order valence-electron chi connectivity index (χ0n) is 10.9. The quantitative estimate of drug-likeness (QED) is 0.815. The average Bonchev–Trinajstić information content (AvgIpc) is 2.23. The summed E-state index contributed by atoms with van der Waals surface area (Å²) in [5.41, 5.74) is -1.00. The number of sulfonamides is 1. The smallest absolute Gasteiger partial charge is 0.254 e. The highest BCUT2D eigenvalue weighted by molar-refractivity contribution is 7.88. The molecule has 1 aromatic heterocycles. The van der Waals surface area contributed by atoms with Crippen LogP contribution < -0.4 is 10.0 Å². The van der Waals surface area contributed by atoms with E-state index in [1.165, 1.54) is 12.3 Å². The van der Waals surface area contributed by atoms with Gasteiger partial charge in [0.15, 0.2) is 5.82 Å². The van der Waals surface area contributed by atoms with Crippen LogP contribution in [0.3, 0.4) is 0 Å². The molecule has 0 bridgehead atoms. The molecule has 0 fully saturated rings. The SMILES string of the molecule is CC(C)(CNC(=O)c1ccncc1F)NS(C)(=O)=O. The van der Waals surface area contributed by atoms with Crippen molar-refractivity contribution in [3.8, 4) is 0 Å². The molecule has 0 aliphatic heterocycles. The lowest BCUT2D eigenvalue weighted by molar-refractivity contribution is 0.0940. The Kier molecular flexibility index (Phi) is 4.59. The summed E-state index contributed by atoms with van der Waals surface area (Å²) in [5.74, 6) is -1.35.